The first-order valence-electron chi connectivity index (χ1n) is 6.98. The normalized spacial score (nSPS) is 17.6. The highest BCUT2D eigenvalue weighted by Gasteiger charge is 2.30. The van der Waals surface area contributed by atoms with E-state index in [1.165, 1.54) is 0 Å². The van der Waals surface area contributed by atoms with Crippen molar-refractivity contribution >= 4 is 12.0 Å². The van der Waals surface area contributed by atoms with Crippen LogP contribution >= 0.6 is 0 Å². The fourth-order valence-electron chi connectivity index (χ4n) is 2.40. The molecule has 2 rings (SSSR count). The van der Waals surface area contributed by atoms with Gasteiger partial charge in [0.1, 0.15) is 5.75 Å². The summed E-state index contributed by atoms with van der Waals surface area (Å²) in [6, 6.07) is 7.50. The Balaban J connectivity index is 1.75. The molecular weight excluding hydrogens is 272 g/mol. The van der Waals surface area contributed by atoms with E-state index in [9.17, 15) is 9.59 Å². The van der Waals surface area contributed by atoms with Crippen LogP contribution < -0.4 is 10.1 Å². The smallest absolute Gasteiger partial charge is 0.317 e. The second kappa shape index (κ2) is 6.97. The van der Waals surface area contributed by atoms with Crippen molar-refractivity contribution in [3.63, 3.8) is 0 Å². The minimum absolute atomic E-state index is 0.193. The lowest BCUT2D eigenvalue weighted by atomic mass is 10.1. The highest BCUT2D eigenvalue weighted by molar-refractivity contribution is 5.77. The van der Waals surface area contributed by atoms with Gasteiger partial charge < -0.3 is 20.1 Å². The summed E-state index contributed by atoms with van der Waals surface area (Å²) in [5, 5.41) is 11.7. The monoisotopic (exact) mass is 292 g/mol. The molecule has 0 saturated carbocycles. The Morgan fingerprint density at radius 1 is 1.48 bits per heavy atom. The molecule has 114 valence electrons. The first-order valence-corrected chi connectivity index (χ1v) is 6.98. The van der Waals surface area contributed by atoms with Crippen LogP contribution in [0.3, 0.4) is 0 Å². The van der Waals surface area contributed by atoms with Crippen LogP contribution in [0.25, 0.3) is 0 Å². The van der Waals surface area contributed by atoms with Gasteiger partial charge in [0.25, 0.3) is 0 Å². The van der Waals surface area contributed by atoms with Crippen LogP contribution in [0.15, 0.2) is 24.3 Å². The van der Waals surface area contributed by atoms with Crippen LogP contribution in [0.1, 0.15) is 12.0 Å². The molecule has 1 atom stereocenters. The van der Waals surface area contributed by atoms with Gasteiger partial charge in [0.05, 0.1) is 13.0 Å². The van der Waals surface area contributed by atoms with E-state index < -0.39 is 11.9 Å². The Bertz CT molecular complexity index is 518. The van der Waals surface area contributed by atoms with Gasteiger partial charge in [0.15, 0.2) is 0 Å². The van der Waals surface area contributed by atoms with E-state index in [1.54, 1.807) is 12.0 Å². The number of methoxy groups -OCH3 is 1. The van der Waals surface area contributed by atoms with Crippen molar-refractivity contribution in [2.24, 2.45) is 5.92 Å². The van der Waals surface area contributed by atoms with Gasteiger partial charge in [-0.2, -0.15) is 0 Å². The van der Waals surface area contributed by atoms with Gasteiger partial charge in [-0.3, -0.25) is 4.79 Å². The number of ether oxygens (including phenoxy) is 1. The van der Waals surface area contributed by atoms with Crippen molar-refractivity contribution in [3.8, 4) is 5.75 Å². The third-order valence-electron chi connectivity index (χ3n) is 3.65. The van der Waals surface area contributed by atoms with E-state index in [-0.39, 0.29) is 6.03 Å². The SMILES string of the molecule is COc1cccc(CCNC(=O)N2CCC(C(=O)O)C2)c1. The number of likely N-dealkylation sites (tertiary alicyclic amines) is 1. The Hall–Kier alpha value is -2.24. The van der Waals surface area contributed by atoms with Crippen LogP contribution in [0.4, 0.5) is 4.79 Å². The predicted molar refractivity (Wildman–Crippen MR) is 77.4 cm³/mol. The Morgan fingerprint density at radius 2 is 2.29 bits per heavy atom. The molecule has 2 amide bonds. The number of carboxylic acid groups (broad SMARTS) is 1. The summed E-state index contributed by atoms with van der Waals surface area (Å²) >= 11 is 0. The maximum absolute atomic E-state index is 11.9. The molecule has 0 radical (unpaired) electrons. The average molecular weight is 292 g/mol. The molecular formula is C15H20N2O4. The zero-order valence-corrected chi connectivity index (χ0v) is 12.0. The van der Waals surface area contributed by atoms with Gasteiger partial charge >= 0.3 is 12.0 Å². The Labute approximate surface area is 123 Å². The molecule has 6 heteroatoms. The number of hydrogen-bond acceptors (Lipinski definition) is 3. The number of aliphatic carboxylic acids is 1. The quantitative estimate of drug-likeness (QED) is 0.858. The van der Waals surface area contributed by atoms with Crippen molar-refractivity contribution in [2.75, 3.05) is 26.7 Å². The largest absolute Gasteiger partial charge is 0.497 e. The molecule has 1 fully saturated rings. The minimum Gasteiger partial charge on any atom is -0.497 e. The number of carbonyl (C=O) groups excluding carboxylic acids is 1. The van der Waals surface area contributed by atoms with E-state index >= 15 is 0 Å². The number of carboxylic acids is 1. The molecule has 1 aliphatic rings. The lowest BCUT2D eigenvalue weighted by Crippen LogP contribution is -2.39. The second-order valence-corrected chi connectivity index (χ2v) is 5.10. The first kappa shape index (κ1) is 15.2. The van der Waals surface area contributed by atoms with Crippen LogP contribution in [-0.2, 0) is 11.2 Å². The fourth-order valence-corrected chi connectivity index (χ4v) is 2.40. The molecule has 0 aliphatic carbocycles. The number of nitrogens with one attached hydrogen (secondary N) is 1. The highest BCUT2D eigenvalue weighted by Crippen LogP contribution is 2.16. The molecule has 0 aromatic heterocycles. The van der Waals surface area contributed by atoms with Crippen LogP contribution in [0.5, 0.6) is 5.75 Å². The van der Waals surface area contributed by atoms with Crippen molar-refractivity contribution in [3.05, 3.63) is 29.8 Å². The van der Waals surface area contributed by atoms with Gasteiger partial charge in [0, 0.05) is 19.6 Å². The third-order valence-corrected chi connectivity index (χ3v) is 3.65. The van der Waals surface area contributed by atoms with Crippen molar-refractivity contribution in [2.45, 2.75) is 12.8 Å². The van der Waals surface area contributed by atoms with Gasteiger partial charge in [-0.25, -0.2) is 4.79 Å². The molecule has 1 saturated heterocycles. The number of rotatable bonds is 5. The maximum Gasteiger partial charge on any atom is 0.317 e. The zero-order chi connectivity index (χ0) is 15.2. The topological polar surface area (TPSA) is 78.9 Å². The molecule has 0 bridgehead atoms. The number of benzene rings is 1. The predicted octanol–water partition coefficient (Wildman–Crippen LogP) is 1.35. The summed E-state index contributed by atoms with van der Waals surface area (Å²) in [7, 11) is 1.62. The van der Waals surface area contributed by atoms with Crippen molar-refractivity contribution < 1.29 is 19.4 Å². The molecule has 1 aromatic rings. The number of nitrogens with zero attached hydrogens (tertiary/aromatic N) is 1. The molecule has 1 unspecified atom stereocenters. The number of carbonyl (C=O) groups is 2. The molecule has 21 heavy (non-hydrogen) atoms. The standard InChI is InChI=1S/C15H20N2O4/c1-21-13-4-2-3-11(9-13)5-7-16-15(20)17-8-6-12(10-17)14(18)19/h2-4,9,12H,5-8,10H2,1H3,(H,16,20)(H,18,19). The van der Waals surface area contributed by atoms with Gasteiger partial charge in [-0.05, 0) is 30.5 Å². The molecule has 1 aromatic carbocycles. The Kier molecular flexibility index (Phi) is 5.03. The summed E-state index contributed by atoms with van der Waals surface area (Å²) < 4.78 is 5.15. The van der Waals surface area contributed by atoms with Crippen LogP contribution in [-0.4, -0.2) is 48.8 Å². The lowest BCUT2D eigenvalue weighted by Gasteiger charge is -2.16. The molecule has 1 aliphatic heterocycles. The summed E-state index contributed by atoms with van der Waals surface area (Å²) in [5.74, 6) is -0.474. The van der Waals surface area contributed by atoms with E-state index in [0.29, 0.717) is 32.5 Å². The highest BCUT2D eigenvalue weighted by atomic mass is 16.5. The number of hydrogen-bond donors (Lipinski definition) is 2. The summed E-state index contributed by atoms with van der Waals surface area (Å²) in [6.45, 7) is 1.31. The number of amides is 2. The van der Waals surface area contributed by atoms with Gasteiger partial charge in [-0.15, -0.1) is 0 Å². The average Bonchev–Trinajstić information content (AvgIpc) is 2.97. The minimum atomic E-state index is -0.832. The van der Waals surface area contributed by atoms with Crippen molar-refractivity contribution in [1.29, 1.82) is 0 Å². The molecule has 1 heterocycles. The van der Waals surface area contributed by atoms with Gasteiger partial charge in [0.2, 0.25) is 0 Å². The number of urea groups is 1. The molecule has 6 nitrogen and oxygen atoms in total. The maximum atomic E-state index is 11.9. The van der Waals surface area contributed by atoms with E-state index in [2.05, 4.69) is 5.32 Å². The molecule has 2 N–H and O–H groups in total. The van der Waals surface area contributed by atoms with Crippen LogP contribution in [0.2, 0.25) is 0 Å². The molecule has 0 spiro atoms. The van der Waals surface area contributed by atoms with Crippen molar-refractivity contribution in [1.82, 2.24) is 10.2 Å². The fraction of sp³-hybridized carbons (Fsp3) is 0.467. The summed E-state index contributed by atoms with van der Waals surface area (Å²) in [4.78, 5) is 24.3. The van der Waals surface area contributed by atoms with Crippen LogP contribution in [0, 0.1) is 5.92 Å². The Morgan fingerprint density at radius 3 is 2.95 bits per heavy atom. The summed E-state index contributed by atoms with van der Waals surface area (Å²) in [6.07, 6.45) is 1.23. The zero-order valence-electron chi connectivity index (χ0n) is 12.0. The van der Waals surface area contributed by atoms with Gasteiger partial charge in [-0.1, -0.05) is 12.1 Å². The summed E-state index contributed by atoms with van der Waals surface area (Å²) in [5.41, 5.74) is 1.08. The van der Waals surface area contributed by atoms with E-state index in [1.807, 2.05) is 24.3 Å². The first-order chi connectivity index (χ1) is 10.1. The lowest BCUT2D eigenvalue weighted by molar-refractivity contribution is -0.141. The van der Waals surface area contributed by atoms with E-state index in [4.69, 9.17) is 9.84 Å². The third kappa shape index (κ3) is 4.11. The van der Waals surface area contributed by atoms with E-state index in [0.717, 1.165) is 11.3 Å². The second-order valence-electron chi connectivity index (χ2n) is 5.10.